The summed E-state index contributed by atoms with van der Waals surface area (Å²) in [5.41, 5.74) is 3.80. The predicted octanol–water partition coefficient (Wildman–Crippen LogP) is 4.41. The largest absolute Gasteiger partial charge is 0.489 e. The van der Waals surface area contributed by atoms with Crippen LogP contribution in [0.1, 0.15) is 22.3 Å². The maximum Gasteiger partial charge on any atom is 0.120 e. The first-order valence-corrected chi connectivity index (χ1v) is 6.36. The standard InChI is InChI=1S/C16H14ClNO/c1-11-7-13(9-18)3-4-14(11)10-19-15-5-6-16(17)12(2)8-15/h3-8H,10H2,1-2H3. The molecule has 2 aromatic carbocycles. The second kappa shape index (κ2) is 5.77. The van der Waals surface area contributed by atoms with E-state index in [1.807, 2.05) is 44.2 Å². The number of nitrogens with zero attached hydrogens (tertiary/aromatic N) is 1. The average molecular weight is 272 g/mol. The highest BCUT2D eigenvalue weighted by Crippen LogP contribution is 2.22. The summed E-state index contributed by atoms with van der Waals surface area (Å²) in [6.45, 7) is 4.41. The van der Waals surface area contributed by atoms with Crippen LogP contribution in [0.25, 0.3) is 0 Å². The normalized spacial score (nSPS) is 10.0. The summed E-state index contributed by atoms with van der Waals surface area (Å²) in [4.78, 5) is 0. The summed E-state index contributed by atoms with van der Waals surface area (Å²) in [7, 11) is 0. The Labute approximate surface area is 118 Å². The van der Waals surface area contributed by atoms with E-state index in [1.54, 1.807) is 6.07 Å². The first kappa shape index (κ1) is 13.5. The second-order valence-electron chi connectivity index (χ2n) is 4.45. The average Bonchev–Trinajstić information content (AvgIpc) is 2.41. The second-order valence-corrected chi connectivity index (χ2v) is 4.86. The van der Waals surface area contributed by atoms with Crippen molar-refractivity contribution in [1.29, 1.82) is 5.26 Å². The maximum atomic E-state index is 8.82. The van der Waals surface area contributed by atoms with Crippen molar-refractivity contribution in [2.45, 2.75) is 20.5 Å². The van der Waals surface area contributed by atoms with Gasteiger partial charge in [-0.15, -0.1) is 0 Å². The molecule has 2 rings (SSSR count). The molecule has 0 bridgehead atoms. The molecular formula is C16H14ClNO. The minimum Gasteiger partial charge on any atom is -0.489 e. The molecule has 2 aromatic rings. The zero-order chi connectivity index (χ0) is 13.8. The van der Waals surface area contributed by atoms with Gasteiger partial charge in [-0.1, -0.05) is 17.7 Å². The lowest BCUT2D eigenvalue weighted by molar-refractivity contribution is 0.305. The molecule has 0 heterocycles. The van der Waals surface area contributed by atoms with Crippen LogP contribution in [0.5, 0.6) is 5.75 Å². The van der Waals surface area contributed by atoms with Crippen molar-refractivity contribution in [2.75, 3.05) is 0 Å². The number of aryl methyl sites for hydroxylation is 2. The van der Waals surface area contributed by atoms with Gasteiger partial charge in [0.15, 0.2) is 0 Å². The van der Waals surface area contributed by atoms with Crippen LogP contribution in [0.4, 0.5) is 0 Å². The third-order valence-electron chi connectivity index (χ3n) is 3.00. The minimum absolute atomic E-state index is 0.485. The van der Waals surface area contributed by atoms with E-state index >= 15 is 0 Å². The summed E-state index contributed by atoms with van der Waals surface area (Å²) in [5, 5.41) is 9.56. The van der Waals surface area contributed by atoms with Crippen LogP contribution in [0, 0.1) is 25.2 Å². The minimum atomic E-state index is 0.485. The van der Waals surface area contributed by atoms with Gasteiger partial charge >= 0.3 is 0 Å². The smallest absolute Gasteiger partial charge is 0.120 e. The molecule has 0 radical (unpaired) electrons. The Morgan fingerprint density at radius 1 is 1.11 bits per heavy atom. The molecule has 19 heavy (non-hydrogen) atoms. The summed E-state index contributed by atoms with van der Waals surface area (Å²) < 4.78 is 5.74. The van der Waals surface area contributed by atoms with E-state index < -0.39 is 0 Å². The molecule has 0 fully saturated rings. The summed E-state index contributed by atoms with van der Waals surface area (Å²) in [6, 6.07) is 13.3. The van der Waals surface area contributed by atoms with Gasteiger partial charge in [0.1, 0.15) is 12.4 Å². The van der Waals surface area contributed by atoms with Crippen molar-refractivity contribution in [2.24, 2.45) is 0 Å². The molecule has 0 spiro atoms. The van der Waals surface area contributed by atoms with Gasteiger partial charge in [-0.05, 0) is 60.9 Å². The highest BCUT2D eigenvalue weighted by Gasteiger charge is 2.03. The lowest BCUT2D eigenvalue weighted by atomic mass is 10.1. The fourth-order valence-electron chi connectivity index (χ4n) is 1.80. The molecule has 0 amide bonds. The van der Waals surface area contributed by atoms with Crippen LogP contribution >= 0.6 is 11.6 Å². The Morgan fingerprint density at radius 3 is 2.53 bits per heavy atom. The fraction of sp³-hybridized carbons (Fsp3) is 0.188. The molecule has 96 valence electrons. The predicted molar refractivity (Wildman–Crippen MR) is 76.4 cm³/mol. The molecule has 0 saturated carbocycles. The molecule has 0 aliphatic carbocycles. The topological polar surface area (TPSA) is 33.0 Å². The van der Waals surface area contributed by atoms with Crippen LogP contribution < -0.4 is 4.74 Å². The van der Waals surface area contributed by atoms with E-state index in [1.165, 1.54) is 0 Å². The fourth-order valence-corrected chi connectivity index (χ4v) is 1.91. The summed E-state index contributed by atoms with van der Waals surface area (Å²) >= 11 is 5.97. The lowest BCUT2D eigenvalue weighted by Crippen LogP contribution is -1.98. The van der Waals surface area contributed by atoms with Gasteiger partial charge < -0.3 is 4.74 Å². The van der Waals surface area contributed by atoms with Crippen molar-refractivity contribution in [3.63, 3.8) is 0 Å². The number of halogens is 1. The quantitative estimate of drug-likeness (QED) is 0.828. The number of benzene rings is 2. The van der Waals surface area contributed by atoms with E-state index in [2.05, 4.69) is 6.07 Å². The first-order valence-electron chi connectivity index (χ1n) is 5.99. The molecule has 0 saturated heterocycles. The van der Waals surface area contributed by atoms with Gasteiger partial charge in [-0.2, -0.15) is 5.26 Å². The number of hydrogen-bond acceptors (Lipinski definition) is 2. The monoisotopic (exact) mass is 271 g/mol. The summed E-state index contributed by atoms with van der Waals surface area (Å²) in [6.07, 6.45) is 0. The van der Waals surface area contributed by atoms with Crippen LogP contribution in [-0.2, 0) is 6.61 Å². The molecule has 0 aliphatic rings. The Balaban J connectivity index is 2.10. The van der Waals surface area contributed by atoms with E-state index in [0.717, 1.165) is 27.5 Å². The molecule has 2 nitrogen and oxygen atoms in total. The van der Waals surface area contributed by atoms with Crippen LogP contribution in [0.2, 0.25) is 5.02 Å². The van der Waals surface area contributed by atoms with Gasteiger partial charge in [0, 0.05) is 5.02 Å². The summed E-state index contributed by atoms with van der Waals surface area (Å²) in [5.74, 6) is 0.797. The molecule has 0 atom stereocenters. The van der Waals surface area contributed by atoms with Crippen molar-refractivity contribution >= 4 is 11.6 Å². The highest BCUT2D eigenvalue weighted by molar-refractivity contribution is 6.31. The highest BCUT2D eigenvalue weighted by atomic mass is 35.5. The Bertz CT molecular complexity index is 644. The molecule has 0 aromatic heterocycles. The van der Waals surface area contributed by atoms with Crippen molar-refractivity contribution < 1.29 is 4.74 Å². The van der Waals surface area contributed by atoms with Crippen LogP contribution in [0.15, 0.2) is 36.4 Å². The van der Waals surface area contributed by atoms with Gasteiger partial charge in [0.2, 0.25) is 0 Å². The molecule has 0 aliphatic heterocycles. The number of rotatable bonds is 3. The van der Waals surface area contributed by atoms with Crippen molar-refractivity contribution in [3.8, 4) is 11.8 Å². The van der Waals surface area contributed by atoms with Crippen LogP contribution in [0.3, 0.4) is 0 Å². The van der Waals surface area contributed by atoms with Crippen molar-refractivity contribution in [1.82, 2.24) is 0 Å². The third-order valence-corrected chi connectivity index (χ3v) is 3.42. The van der Waals surface area contributed by atoms with E-state index in [9.17, 15) is 0 Å². The molecule has 0 N–H and O–H groups in total. The van der Waals surface area contributed by atoms with Gasteiger partial charge in [0.25, 0.3) is 0 Å². The first-order chi connectivity index (χ1) is 9.10. The van der Waals surface area contributed by atoms with Gasteiger partial charge in [0.05, 0.1) is 11.6 Å². The molecular weight excluding hydrogens is 258 g/mol. The Morgan fingerprint density at radius 2 is 1.89 bits per heavy atom. The number of nitriles is 1. The molecule has 0 unspecified atom stereocenters. The number of ether oxygens (including phenoxy) is 1. The zero-order valence-electron chi connectivity index (χ0n) is 10.9. The Hall–Kier alpha value is -1.98. The van der Waals surface area contributed by atoms with Gasteiger partial charge in [-0.3, -0.25) is 0 Å². The lowest BCUT2D eigenvalue weighted by Gasteiger charge is -2.10. The van der Waals surface area contributed by atoms with E-state index in [-0.39, 0.29) is 0 Å². The van der Waals surface area contributed by atoms with Crippen molar-refractivity contribution in [3.05, 3.63) is 63.7 Å². The maximum absolute atomic E-state index is 8.82. The Kier molecular flexibility index (Phi) is 4.09. The van der Waals surface area contributed by atoms with Crippen LogP contribution in [-0.4, -0.2) is 0 Å². The van der Waals surface area contributed by atoms with E-state index in [0.29, 0.717) is 12.2 Å². The zero-order valence-corrected chi connectivity index (χ0v) is 11.7. The third kappa shape index (κ3) is 3.27. The van der Waals surface area contributed by atoms with E-state index in [4.69, 9.17) is 21.6 Å². The molecule has 3 heteroatoms. The SMILES string of the molecule is Cc1cc(OCc2ccc(C#N)cc2C)ccc1Cl. The number of hydrogen-bond donors (Lipinski definition) is 0. The van der Waals surface area contributed by atoms with Gasteiger partial charge in [-0.25, -0.2) is 0 Å².